The quantitative estimate of drug-likeness (QED) is 0.778. The minimum Gasteiger partial charge on any atom is -0.378 e. The Kier molecular flexibility index (Phi) is 5.79. The molecule has 4 unspecified atom stereocenters. The first-order chi connectivity index (χ1) is 7.11. The molecule has 1 aliphatic rings. The van der Waals surface area contributed by atoms with Crippen LogP contribution < -0.4 is 5.32 Å². The van der Waals surface area contributed by atoms with Crippen molar-refractivity contribution in [2.45, 2.75) is 51.3 Å². The molecule has 0 aromatic carbocycles. The highest BCUT2D eigenvalue weighted by atomic mass is 32.2. The fourth-order valence-corrected chi connectivity index (χ4v) is 2.92. The normalized spacial score (nSPS) is 31.1. The van der Waals surface area contributed by atoms with E-state index in [2.05, 4.69) is 19.2 Å². The molecule has 0 saturated carbocycles. The van der Waals surface area contributed by atoms with E-state index in [0.717, 1.165) is 31.6 Å². The Morgan fingerprint density at radius 1 is 1.60 bits per heavy atom. The average Bonchev–Trinajstić information content (AvgIpc) is 2.16. The van der Waals surface area contributed by atoms with Crippen molar-refractivity contribution >= 4 is 10.8 Å². The average molecular weight is 233 g/mol. The van der Waals surface area contributed by atoms with Gasteiger partial charge < -0.3 is 10.1 Å². The van der Waals surface area contributed by atoms with Crippen LogP contribution in [0.3, 0.4) is 0 Å². The molecule has 1 rings (SSSR count). The molecule has 1 saturated heterocycles. The van der Waals surface area contributed by atoms with E-state index in [0.29, 0.717) is 18.2 Å². The standard InChI is InChI=1S/C11H23NO2S/c1-4-11-7-10(5-6-14-11)12-9(2)8-15(3)13/h9-12H,4-8H2,1-3H3. The topological polar surface area (TPSA) is 38.3 Å². The van der Waals surface area contributed by atoms with Gasteiger partial charge in [0.25, 0.3) is 0 Å². The Morgan fingerprint density at radius 3 is 2.93 bits per heavy atom. The van der Waals surface area contributed by atoms with Crippen LogP contribution in [-0.4, -0.2) is 41.0 Å². The van der Waals surface area contributed by atoms with E-state index in [9.17, 15) is 4.21 Å². The molecule has 1 fully saturated rings. The van der Waals surface area contributed by atoms with Gasteiger partial charge in [0.1, 0.15) is 0 Å². The minimum atomic E-state index is -0.704. The number of nitrogens with one attached hydrogen (secondary N) is 1. The Balaban J connectivity index is 2.27. The van der Waals surface area contributed by atoms with Gasteiger partial charge in [-0.2, -0.15) is 0 Å². The summed E-state index contributed by atoms with van der Waals surface area (Å²) in [7, 11) is -0.704. The third-order valence-corrected chi connectivity index (χ3v) is 3.80. The van der Waals surface area contributed by atoms with Crippen LogP contribution in [0.4, 0.5) is 0 Å². The fraction of sp³-hybridized carbons (Fsp3) is 1.00. The van der Waals surface area contributed by atoms with Gasteiger partial charge in [-0.25, -0.2) is 0 Å². The molecule has 0 bridgehead atoms. The van der Waals surface area contributed by atoms with E-state index >= 15 is 0 Å². The summed E-state index contributed by atoms with van der Waals surface area (Å²) < 4.78 is 16.7. The molecular weight excluding hydrogens is 210 g/mol. The van der Waals surface area contributed by atoms with E-state index in [4.69, 9.17) is 4.74 Å². The summed E-state index contributed by atoms with van der Waals surface area (Å²) in [5.74, 6) is 0.744. The summed E-state index contributed by atoms with van der Waals surface area (Å²) in [6.07, 6.45) is 5.44. The first-order valence-electron chi connectivity index (χ1n) is 5.79. The molecule has 0 aromatic rings. The van der Waals surface area contributed by atoms with Crippen molar-refractivity contribution in [2.75, 3.05) is 18.6 Å². The van der Waals surface area contributed by atoms with Crippen LogP contribution in [0.1, 0.15) is 33.1 Å². The van der Waals surface area contributed by atoms with Crippen LogP contribution >= 0.6 is 0 Å². The van der Waals surface area contributed by atoms with Crippen molar-refractivity contribution in [3.63, 3.8) is 0 Å². The highest BCUT2D eigenvalue weighted by Crippen LogP contribution is 2.16. The van der Waals surface area contributed by atoms with Gasteiger partial charge in [0.05, 0.1) is 6.10 Å². The zero-order valence-corrected chi connectivity index (χ0v) is 10.8. The molecule has 0 radical (unpaired) electrons. The summed E-state index contributed by atoms with van der Waals surface area (Å²) in [6, 6.07) is 0.888. The van der Waals surface area contributed by atoms with E-state index in [1.807, 2.05) is 0 Å². The Bertz CT molecular complexity index is 211. The SMILES string of the molecule is CCC1CC(NC(C)CS(C)=O)CCO1. The molecule has 4 heteroatoms. The predicted octanol–water partition coefficient (Wildman–Crippen LogP) is 1.30. The molecule has 0 aromatic heterocycles. The lowest BCUT2D eigenvalue weighted by Crippen LogP contribution is -2.44. The second-order valence-electron chi connectivity index (χ2n) is 4.43. The largest absolute Gasteiger partial charge is 0.378 e. The number of rotatable bonds is 5. The van der Waals surface area contributed by atoms with Gasteiger partial charge in [0.15, 0.2) is 0 Å². The third-order valence-electron chi connectivity index (χ3n) is 2.83. The molecule has 0 spiro atoms. The third kappa shape index (κ3) is 5.09. The Morgan fingerprint density at radius 2 is 2.33 bits per heavy atom. The van der Waals surface area contributed by atoms with Crippen LogP contribution in [0.5, 0.6) is 0 Å². The van der Waals surface area contributed by atoms with Crippen molar-refractivity contribution in [1.29, 1.82) is 0 Å². The Hall–Kier alpha value is 0.0700. The van der Waals surface area contributed by atoms with E-state index in [-0.39, 0.29) is 0 Å². The Labute approximate surface area is 95.4 Å². The second-order valence-corrected chi connectivity index (χ2v) is 5.91. The number of hydrogen-bond donors (Lipinski definition) is 1. The van der Waals surface area contributed by atoms with Crippen molar-refractivity contribution in [2.24, 2.45) is 0 Å². The maximum absolute atomic E-state index is 11.1. The number of hydrogen-bond acceptors (Lipinski definition) is 3. The maximum atomic E-state index is 11.1. The van der Waals surface area contributed by atoms with E-state index in [1.54, 1.807) is 6.26 Å². The molecule has 1 aliphatic heterocycles. The minimum absolute atomic E-state index is 0.344. The lowest BCUT2D eigenvalue weighted by molar-refractivity contribution is -0.00119. The summed E-state index contributed by atoms with van der Waals surface area (Å²) in [5, 5.41) is 3.54. The lowest BCUT2D eigenvalue weighted by Gasteiger charge is -2.31. The lowest BCUT2D eigenvalue weighted by atomic mass is 10.0. The van der Waals surface area contributed by atoms with Crippen LogP contribution in [-0.2, 0) is 15.5 Å². The summed E-state index contributed by atoms with van der Waals surface area (Å²) >= 11 is 0. The van der Waals surface area contributed by atoms with Gasteiger partial charge in [-0.05, 0) is 26.2 Å². The van der Waals surface area contributed by atoms with Crippen LogP contribution in [0, 0.1) is 0 Å². The van der Waals surface area contributed by atoms with Gasteiger partial charge in [-0.3, -0.25) is 4.21 Å². The van der Waals surface area contributed by atoms with E-state index < -0.39 is 10.8 Å². The molecule has 90 valence electrons. The highest BCUT2D eigenvalue weighted by molar-refractivity contribution is 7.84. The van der Waals surface area contributed by atoms with Crippen LogP contribution in [0.2, 0.25) is 0 Å². The van der Waals surface area contributed by atoms with Crippen LogP contribution in [0.15, 0.2) is 0 Å². The van der Waals surface area contributed by atoms with Gasteiger partial charge in [-0.1, -0.05) is 6.92 Å². The highest BCUT2D eigenvalue weighted by Gasteiger charge is 2.22. The zero-order chi connectivity index (χ0) is 11.3. The van der Waals surface area contributed by atoms with Gasteiger partial charge in [0, 0.05) is 41.5 Å². The molecule has 3 nitrogen and oxygen atoms in total. The molecule has 4 atom stereocenters. The van der Waals surface area contributed by atoms with Crippen molar-refractivity contribution in [3.05, 3.63) is 0 Å². The van der Waals surface area contributed by atoms with E-state index in [1.165, 1.54) is 0 Å². The summed E-state index contributed by atoms with van der Waals surface area (Å²) in [5.41, 5.74) is 0. The monoisotopic (exact) mass is 233 g/mol. The molecular formula is C11H23NO2S. The van der Waals surface area contributed by atoms with Gasteiger partial charge in [-0.15, -0.1) is 0 Å². The maximum Gasteiger partial charge on any atom is 0.0587 e. The van der Waals surface area contributed by atoms with Crippen molar-refractivity contribution in [3.8, 4) is 0 Å². The summed E-state index contributed by atoms with van der Waals surface area (Å²) in [4.78, 5) is 0. The molecule has 15 heavy (non-hydrogen) atoms. The second kappa shape index (κ2) is 6.61. The molecule has 0 aliphatic carbocycles. The summed E-state index contributed by atoms with van der Waals surface area (Å²) in [6.45, 7) is 5.13. The fourth-order valence-electron chi connectivity index (χ4n) is 2.12. The first kappa shape index (κ1) is 13.1. The molecule has 1 heterocycles. The van der Waals surface area contributed by atoms with Crippen molar-refractivity contribution < 1.29 is 8.95 Å². The smallest absolute Gasteiger partial charge is 0.0587 e. The predicted molar refractivity (Wildman–Crippen MR) is 64.6 cm³/mol. The zero-order valence-electron chi connectivity index (χ0n) is 9.99. The molecule has 0 amide bonds. The van der Waals surface area contributed by atoms with Gasteiger partial charge in [0.2, 0.25) is 0 Å². The molecule has 1 N–H and O–H groups in total. The van der Waals surface area contributed by atoms with Crippen molar-refractivity contribution in [1.82, 2.24) is 5.32 Å². The van der Waals surface area contributed by atoms with Crippen LogP contribution in [0.25, 0.3) is 0 Å². The van der Waals surface area contributed by atoms with Gasteiger partial charge >= 0.3 is 0 Å². The first-order valence-corrected chi connectivity index (χ1v) is 7.52. The number of ether oxygens (including phenoxy) is 1.